The Morgan fingerprint density at radius 2 is 2.11 bits per heavy atom. The third kappa shape index (κ3) is 3.28. The molecule has 0 saturated carbocycles. The highest BCUT2D eigenvalue weighted by Crippen LogP contribution is 2.31. The molecule has 1 aliphatic rings. The van der Waals surface area contributed by atoms with Gasteiger partial charge in [-0.05, 0) is 32.4 Å². The summed E-state index contributed by atoms with van der Waals surface area (Å²) in [4.78, 5) is 19.4. The van der Waals surface area contributed by atoms with Crippen LogP contribution in [0, 0.1) is 6.92 Å². The number of ether oxygens (including phenoxy) is 1. The van der Waals surface area contributed by atoms with E-state index < -0.39 is 0 Å². The monoisotopic (exact) mass is 379 g/mol. The van der Waals surface area contributed by atoms with Crippen molar-refractivity contribution >= 4 is 28.4 Å². The predicted molar refractivity (Wildman–Crippen MR) is 110 cm³/mol. The first-order chi connectivity index (χ1) is 13.6. The molecule has 3 heterocycles. The minimum Gasteiger partial charge on any atom is -0.462 e. The van der Waals surface area contributed by atoms with Crippen LogP contribution in [0.2, 0.25) is 0 Å². The van der Waals surface area contributed by atoms with Gasteiger partial charge in [0.15, 0.2) is 5.65 Å². The Balaban J connectivity index is 1.67. The van der Waals surface area contributed by atoms with Gasteiger partial charge in [0.1, 0.15) is 5.56 Å². The highest BCUT2D eigenvalue weighted by molar-refractivity contribution is 6.05. The minimum atomic E-state index is -0.361. The average molecular weight is 379 g/mol. The van der Waals surface area contributed by atoms with E-state index in [2.05, 4.69) is 44.6 Å². The fourth-order valence-corrected chi connectivity index (χ4v) is 3.88. The number of fused-ring (bicyclic) bond motifs is 1. The number of rotatable bonds is 5. The van der Waals surface area contributed by atoms with Crippen LogP contribution >= 0.6 is 0 Å². The number of nitrogens with one attached hydrogen (secondary N) is 1. The largest absolute Gasteiger partial charge is 0.462 e. The van der Waals surface area contributed by atoms with Gasteiger partial charge in [-0.2, -0.15) is 5.10 Å². The second kappa shape index (κ2) is 7.50. The van der Waals surface area contributed by atoms with Crippen LogP contribution in [0.3, 0.4) is 0 Å². The molecule has 1 atom stereocenters. The van der Waals surface area contributed by atoms with E-state index in [4.69, 9.17) is 4.74 Å². The van der Waals surface area contributed by atoms with E-state index in [1.807, 2.05) is 20.0 Å². The smallest absolute Gasteiger partial charge is 0.341 e. The number of carbonyl (C=O) groups excluding carboxylic acids is 1. The molecule has 28 heavy (non-hydrogen) atoms. The Kier molecular flexibility index (Phi) is 4.90. The van der Waals surface area contributed by atoms with Crippen LogP contribution in [0.25, 0.3) is 11.0 Å². The molecular weight excluding hydrogens is 354 g/mol. The molecule has 1 aromatic carbocycles. The van der Waals surface area contributed by atoms with Crippen LogP contribution in [0.15, 0.2) is 36.5 Å². The second-order valence-electron chi connectivity index (χ2n) is 7.09. The van der Waals surface area contributed by atoms with Gasteiger partial charge in [0.25, 0.3) is 0 Å². The number of benzene rings is 1. The molecule has 7 heteroatoms. The van der Waals surface area contributed by atoms with Gasteiger partial charge in [0.05, 0.1) is 23.4 Å². The number of hydrogen-bond acceptors (Lipinski definition) is 6. The number of aromatic nitrogens is 3. The first-order valence-electron chi connectivity index (χ1n) is 9.64. The van der Waals surface area contributed by atoms with Gasteiger partial charge in [-0.3, -0.25) is 4.68 Å². The molecule has 1 saturated heterocycles. The van der Waals surface area contributed by atoms with Crippen LogP contribution < -0.4 is 10.2 Å². The summed E-state index contributed by atoms with van der Waals surface area (Å²) in [6, 6.07) is 10.6. The number of anilines is 2. The Hall–Kier alpha value is -3.09. The minimum absolute atomic E-state index is 0.221. The van der Waals surface area contributed by atoms with Crippen molar-refractivity contribution in [2.45, 2.75) is 26.3 Å². The van der Waals surface area contributed by atoms with Crippen LogP contribution in [-0.4, -0.2) is 46.5 Å². The number of nitrogens with zero attached hydrogens (tertiary/aromatic N) is 4. The lowest BCUT2D eigenvalue weighted by atomic mass is 10.1. The second-order valence-corrected chi connectivity index (χ2v) is 7.09. The molecule has 3 aromatic rings. The van der Waals surface area contributed by atoms with Crippen molar-refractivity contribution in [2.24, 2.45) is 7.05 Å². The van der Waals surface area contributed by atoms with Gasteiger partial charge in [0, 0.05) is 38.1 Å². The van der Waals surface area contributed by atoms with Crippen molar-refractivity contribution in [3.8, 4) is 0 Å². The number of hydrogen-bond donors (Lipinski definition) is 1. The third-order valence-electron chi connectivity index (χ3n) is 5.18. The number of esters is 1. The summed E-state index contributed by atoms with van der Waals surface area (Å²) in [5.74, 6) is -0.361. The summed E-state index contributed by atoms with van der Waals surface area (Å²) in [6.45, 7) is 5.91. The topological polar surface area (TPSA) is 72.3 Å². The van der Waals surface area contributed by atoms with Gasteiger partial charge in [-0.1, -0.05) is 18.2 Å². The molecule has 1 aliphatic heterocycles. The Bertz CT molecular complexity index is 999. The Morgan fingerprint density at radius 1 is 1.32 bits per heavy atom. The zero-order valence-electron chi connectivity index (χ0n) is 16.5. The fourth-order valence-electron chi connectivity index (χ4n) is 3.88. The molecule has 1 fully saturated rings. The summed E-state index contributed by atoms with van der Waals surface area (Å²) in [7, 11) is 1.86. The summed E-state index contributed by atoms with van der Waals surface area (Å²) in [5, 5.41) is 8.98. The summed E-state index contributed by atoms with van der Waals surface area (Å²) >= 11 is 0. The SMILES string of the molecule is CCOC(=O)c1cnc2c(c(C)nn2C)c1NC1CCN(c2ccccc2)C1. The lowest BCUT2D eigenvalue weighted by Crippen LogP contribution is -2.27. The van der Waals surface area contributed by atoms with Crippen LogP contribution in [0.5, 0.6) is 0 Å². The highest BCUT2D eigenvalue weighted by atomic mass is 16.5. The van der Waals surface area contributed by atoms with Crippen molar-refractivity contribution in [2.75, 3.05) is 29.9 Å². The van der Waals surface area contributed by atoms with Crippen molar-refractivity contribution in [3.05, 3.63) is 47.8 Å². The first-order valence-corrected chi connectivity index (χ1v) is 9.64. The van der Waals surface area contributed by atoms with Crippen LogP contribution in [0.1, 0.15) is 29.4 Å². The molecule has 1 unspecified atom stereocenters. The molecule has 0 spiro atoms. The standard InChI is InChI=1S/C21H25N5O2/c1-4-28-21(27)17-12-22-20-18(14(2)24-25(20)3)19(17)23-15-10-11-26(13-15)16-8-6-5-7-9-16/h5-9,12,15H,4,10-11,13H2,1-3H3,(H,22,23). The van der Waals surface area contributed by atoms with E-state index >= 15 is 0 Å². The Labute approximate surface area is 164 Å². The van der Waals surface area contributed by atoms with Crippen molar-refractivity contribution in [1.29, 1.82) is 0 Å². The van der Waals surface area contributed by atoms with Crippen molar-refractivity contribution in [1.82, 2.24) is 14.8 Å². The molecule has 7 nitrogen and oxygen atoms in total. The number of aryl methyl sites for hydroxylation is 2. The van der Waals surface area contributed by atoms with Crippen LogP contribution in [-0.2, 0) is 11.8 Å². The molecule has 0 radical (unpaired) electrons. The van der Waals surface area contributed by atoms with Crippen molar-refractivity contribution in [3.63, 3.8) is 0 Å². The third-order valence-corrected chi connectivity index (χ3v) is 5.18. The quantitative estimate of drug-likeness (QED) is 0.687. The molecule has 146 valence electrons. The van der Waals surface area contributed by atoms with E-state index in [9.17, 15) is 4.79 Å². The molecule has 0 aliphatic carbocycles. The van der Waals surface area contributed by atoms with Crippen molar-refractivity contribution < 1.29 is 9.53 Å². The van der Waals surface area contributed by atoms with Gasteiger partial charge in [-0.25, -0.2) is 9.78 Å². The van der Waals surface area contributed by atoms with E-state index in [1.165, 1.54) is 5.69 Å². The lowest BCUT2D eigenvalue weighted by Gasteiger charge is -2.20. The molecular formula is C21H25N5O2. The number of carbonyl (C=O) groups is 1. The highest BCUT2D eigenvalue weighted by Gasteiger charge is 2.27. The van der Waals surface area contributed by atoms with Crippen LogP contribution in [0.4, 0.5) is 11.4 Å². The van der Waals surface area contributed by atoms with Gasteiger partial charge in [-0.15, -0.1) is 0 Å². The maximum atomic E-state index is 12.5. The zero-order valence-corrected chi connectivity index (χ0v) is 16.5. The predicted octanol–water partition coefficient (Wildman–Crippen LogP) is 3.14. The lowest BCUT2D eigenvalue weighted by molar-refractivity contribution is 0.0527. The molecule has 0 bridgehead atoms. The fraction of sp³-hybridized carbons (Fsp3) is 0.381. The molecule has 2 aromatic heterocycles. The van der Waals surface area contributed by atoms with E-state index in [-0.39, 0.29) is 12.0 Å². The van der Waals surface area contributed by atoms with Gasteiger partial charge in [0.2, 0.25) is 0 Å². The maximum Gasteiger partial charge on any atom is 0.341 e. The normalized spacial score (nSPS) is 16.5. The van der Waals surface area contributed by atoms with E-state index in [0.29, 0.717) is 12.2 Å². The van der Waals surface area contributed by atoms with Gasteiger partial charge < -0.3 is 15.0 Å². The average Bonchev–Trinajstić information content (AvgIpc) is 3.27. The summed E-state index contributed by atoms with van der Waals surface area (Å²) in [6.07, 6.45) is 2.58. The first kappa shape index (κ1) is 18.3. The summed E-state index contributed by atoms with van der Waals surface area (Å²) < 4.78 is 7.01. The van der Waals surface area contributed by atoms with Gasteiger partial charge >= 0.3 is 5.97 Å². The van der Waals surface area contributed by atoms with E-state index in [1.54, 1.807) is 17.8 Å². The Morgan fingerprint density at radius 3 is 2.86 bits per heavy atom. The number of pyridine rings is 1. The van der Waals surface area contributed by atoms with E-state index in [0.717, 1.165) is 41.9 Å². The molecule has 1 N–H and O–H groups in total. The zero-order chi connectivity index (χ0) is 19.7. The summed E-state index contributed by atoms with van der Waals surface area (Å²) in [5.41, 5.74) is 4.05. The number of para-hydroxylation sites is 1. The maximum absolute atomic E-state index is 12.5. The molecule has 4 rings (SSSR count). The molecule has 0 amide bonds.